The van der Waals surface area contributed by atoms with E-state index in [0.717, 1.165) is 17.7 Å². The van der Waals surface area contributed by atoms with E-state index in [-0.39, 0.29) is 5.82 Å². The first-order valence-corrected chi connectivity index (χ1v) is 8.67. The Labute approximate surface area is 138 Å². The zero-order chi connectivity index (χ0) is 15.2. The molecule has 1 unspecified atom stereocenters. The van der Waals surface area contributed by atoms with Crippen LogP contribution in [0.4, 0.5) is 4.39 Å². The molecule has 2 aromatic carbocycles. The topological polar surface area (TPSA) is 12.0 Å². The molecule has 0 aliphatic heterocycles. The molecule has 0 aliphatic rings. The van der Waals surface area contributed by atoms with E-state index in [1.807, 2.05) is 30.9 Å². The van der Waals surface area contributed by atoms with E-state index in [2.05, 4.69) is 52.4 Å². The van der Waals surface area contributed by atoms with Crippen LogP contribution in [0.15, 0.2) is 51.8 Å². The fraction of sp³-hybridized carbons (Fsp3) is 0.294. The Hall–Kier alpha value is -0.840. The second-order valence-corrected chi connectivity index (χ2v) is 6.93. The Bertz CT molecular complexity index is 603. The van der Waals surface area contributed by atoms with Gasteiger partial charge in [-0.15, -0.1) is 11.8 Å². The molecule has 1 atom stereocenters. The van der Waals surface area contributed by atoms with Crippen LogP contribution in [0.25, 0.3) is 0 Å². The summed E-state index contributed by atoms with van der Waals surface area (Å²) in [5.74, 6) is 0.769. The SMILES string of the molecule is CNC(CSc1ccccc1C)Cc1ccc(F)c(Br)c1. The van der Waals surface area contributed by atoms with Gasteiger partial charge in [0, 0.05) is 16.7 Å². The average Bonchev–Trinajstić information content (AvgIpc) is 2.48. The van der Waals surface area contributed by atoms with Crippen LogP contribution < -0.4 is 5.32 Å². The van der Waals surface area contributed by atoms with Crippen molar-refractivity contribution in [2.75, 3.05) is 12.8 Å². The van der Waals surface area contributed by atoms with E-state index < -0.39 is 0 Å². The highest BCUT2D eigenvalue weighted by atomic mass is 79.9. The van der Waals surface area contributed by atoms with Crippen LogP contribution in [-0.2, 0) is 6.42 Å². The van der Waals surface area contributed by atoms with Gasteiger partial charge in [-0.05, 0) is 65.6 Å². The Morgan fingerprint density at radius 2 is 2.00 bits per heavy atom. The minimum Gasteiger partial charge on any atom is -0.316 e. The summed E-state index contributed by atoms with van der Waals surface area (Å²) in [5.41, 5.74) is 2.44. The van der Waals surface area contributed by atoms with Gasteiger partial charge in [0.2, 0.25) is 0 Å². The first kappa shape index (κ1) is 16.5. The van der Waals surface area contributed by atoms with Crippen molar-refractivity contribution in [1.29, 1.82) is 0 Å². The highest BCUT2D eigenvalue weighted by molar-refractivity contribution is 9.10. The number of nitrogens with one attached hydrogen (secondary N) is 1. The molecule has 0 spiro atoms. The quantitative estimate of drug-likeness (QED) is 0.734. The van der Waals surface area contributed by atoms with Gasteiger partial charge in [0.1, 0.15) is 5.82 Å². The van der Waals surface area contributed by atoms with Crippen molar-refractivity contribution >= 4 is 27.7 Å². The van der Waals surface area contributed by atoms with Crippen LogP contribution in [0.5, 0.6) is 0 Å². The number of rotatable bonds is 6. The lowest BCUT2D eigenvalue weighted by Crippen LogP contribution is -2.30. The molecule has 0 aromatic heterocycles. The van der Waals surface area contributed by atoms with Crippen molar-refractivity contribution in [3.8, 4) is 0 Å². The van der Waals surface area contributed by atoms with Gasteiger partial charge in [-0.2, -0.15) is 0 Å². The Morgan fingerprint density at radius 3 is 2.67 bits per heavy atom. The Kier molecular flexibility index (Phi) is 6.27. The molecule has 0 fully saturated rings. The van der Waals surface area contributed by atoms with Crippen molar-refractivity contribution in [3.05, 3.63) is 63.9 Å². The van der Waals surface area contributed by atoms with Crippen LogP contribution in [-0.4, -0.2) is 18.8 Å². The minimum atomic E-state index is -0.214. The third-order valence-electron chi connectivity index (χ3n) is 3.41. The smallest absolute Gasteiger partial charge is 0.137 e. The molecule has 0 bridgehead atoms. The molecule has 0 saturated carbocycles. The summed E-state index contributed by atoms with van der Waals surface area (Å²) in [6, 6.07) is 14.0. The molecule has 0 saturated heterocycles. The van der Waals surface area contributed by atoms with Gasteiger partial charge < -0.3 is 5.32 Å². The second-order valence-electron chi connectivity index (χ2n) is 5.01. The van der Waals surface area contributed by atoms with Gasteiger partial charge in [0.15, 0.2) is 0 Å². The van der Waals surface area contributed by atoms with Crippen molar-refractivity contribution in [2.24, 2.45) is 0 Å². The van der Waals surface area contributed by atoms with Gasteiger partial charge in [-0.1, -0.05) is 24.3 Å². The fourth-order valence-corrected chi connectivity index (χ4v) is 3.67. The summed E-state index contributed by atoms with van der Waals surface area (Å²) < 4.78 is 13.8. The number of hydrogen-bond donors (Lipinski definition) is 1. The Balaban J connectivity index is 1.97. The Morgan fingerprint density at radius 1 is 1.24 bits per heavy atom. The molecule has 0 aliphatic carbocycles. The number of aryl methyl sites for hydroxylation is 1. The maximum Gasteiger partial charge on any atom is 0.137 e. The van der Waals surface area contributed by atoms with E-state index >= 15 is 0 Å². The molecule has 4 heteroatoms. The maximum atomic E-state index is 13.3. The summed E-state index contributed by atoms with van der Waals surface area (Å²) in [6.45, 7) is 2.13. The summed E-state index contributed by atoms with van der Waals surface area (Å²) in [5, 5.41) is 3.34. The number of benzene rings is 2. The molecule has 0 amide bonds. The average molecular weight is 368 g/mol. The molecule has 2 rings (SSSR count). The molecular weight excluding hydrogens is 349 g/mol. The van der Waals surface area contributed by atoms with E-state index in [9.17, 15) is 4.39 Å². The summed E-state index contributed by atoms with van der Waals surface area (Å²) >= 11 is 5.10. The maximum absolute atomic E-state index is 13.3. The van der Waals surface area contributed by atoms with E-state index in [0.29, 0.717) is 10.5 Å². The summed E-state index contributed by atoms with van der Waals surface area (Å²) in [4.78, 5) is 1.32. The first-order valence-electron chi connectivity index (χ1n) is 6.89. The molecule has 21 heavy (non-hydrogen) atoms. The van der Waals surface area contributed by atoms with Gasteiger partial charge >= 0.3 is 0 Å². The number of likely N-dealkylation sites (N-methyl/N-ethyl adjacent to an activating group) is 1. The standard InChI is InChI=1S/C17H19BrFNS/c1-12-5-3-4-6-17(12)21-11-14(20-2)9-13-7-8-16(19)15(18)10-13/h3-8,10,14,20H,9,11H2,1-2H3. The summed E-state index contributed by atoms with van der Waals surface area (Å²) in [7, 11) is 1.97. The second kappa shape index (κ2) is 7.97. The normalized spacial score (nSPS) is 12.4. The number of hydrogen-bond acceptors (Lipinski definition) is 2. The van der Waals surface area contributed by atoms with Gasteiger partial charge in [-0.3, -0.25) is 0 Å². The van der Waals surface area contributed by atoms with E-state index in [4.69, 9.17) is 0 Å². The van der Waals surface area contributed by atoms with Crippen LogP contribution in [0.3, 0.4) is 0 Å². The van der Waals surface area contributed by atoms with Gasteiger partial charge in [0.05, 0.1) is 4.47 Å². The van der Waals surface area contributed by atoms with Gasteiger partial charge in [0.25, 0.3) is 0 Å². The number of halogens is 2. The minimum absolute atomic E-state index is 0.214. The lowest BCUT2D eigenvalue weighted by Gasteiger charge is -2.17. The first-order chi connectivity index (χ1) is 10.1. The zero-order valence-electron chi connectivity index (χ0n) is 12.2. The molecule has 1 N–H and O–H groups in total. The predicted molar refractivity (Wildman–Crippen MR) is 92.6 cm³/mol. The zero-order valence-corrected chi connectivity index (χ0v) is 14.6. The lowest BCUT2D eigenvalue weighted by molar-refractivity contribution is 0.606. The van der Waals surface area contributed by atoms with Crippen LogP contribution in [0.1, 0.15) is 11.1 Å². The van der Waals surface area contributed by atoms with Crippen LogP contribution >= 0.6 is 27.7 Å². The van der Waals surface area contributed by atoms with Crippen molar-refractivity contribution in [1.82, 2.24) is 5.32 Å². The third kappa shape index (κ3) is 4.83. The van der Waals surface area contributed by atoms with Crippen molar-refractivity contribution in [2.45, 2.75) is 24.3 Å². The highest BCUT2D eigenvalue weighted by Gasteiger charge is 2.10. The van der Waals surface area contributed by atoms with Crippen molar-refractivity contribution in [3.63, 3.8) is 0 Å². The molecule has 2 aromatic rings. The lowest BCUT2D eigenvalue weighted by atomic mass is 10.1. The van der Waals surface area contributed by atoms with Crippen molar-refractivity contribution < 1.29 is 4.39 Å². The molecular formula is C17H19BrFNS. The molecule has 1 nitrogen and oxygen atoms in total. The molecule has 0 radical (unpaired) electrons. The highest BCUT2D eigenvalue weighted by Crippen LogP contribution is 2.24. The van der Waals surface area contributed by atoms with E-state index in [1.165, 1.54) is 16.5 Å². The van der Waals surface area contributed by atoms with Crippen LogP contribution in [0.2, 0.25) is 0 Å². The molecule has 112 valence electrons. The third-order valence-corrected chi connectivity index (χ3v) is 5.35. The number of thioether (sulfide) groups is 1. The summed E-state index contributed by atoms with van der Waals surface area (Å²) in [6.07, 6.45) is 0.883. The molecule has 0 heterocycles. The predicted octanol–water partition coefficient (Wildman–Crippen LogP) is 4.82. The van der Waals surface area contributed by atoms with Gasteiger partial charge in [-0.25, -0.2) is 4.39 Å². The largest absolute Gasteiger partial charge is 0.316 e. The monoisotopic (exact) mass is 367 g/mol. The van der Waals surface area contributed by atoms with E-state index in [1.54, 1.807) is 0 Å². The van der Waals surface area contributed by atoms with Crippen LogP contribution in [0, 0.1) is 12.7 Å². The fourth-order valence-electron chi connectivity index (χ4n) is 2.10.